The second-order valence-corrected chi connectivity index (χ2v) is 6.84. The highest BCUT2D eigenvalue weighted by molar-refractivity contribution is 5.77. The third kappa shape index (κ3) is 3.17. The molecule has 0 spiro atoms. The van der Waals surface area contributed by atoms with Gasteiger partial charge in [0.2, 0.25) is 0 Å². The standard InChI is InChI=1S/C21H23N3O3/c1-13(20-22-17-7-5-4-6-16(17)21(25)23-20)24-9-8-14-10-18(26-2)19(27-3)11-15(14)12-24/h4-7,10-11,13H,8-9,12H2,1-3H3,(H,22,23,25)/t13-/m1/s1. The zero-order chi connectivity index (χ0) is 19.0. The third-order valence-corrected chi connectivity index (χ3v) is 5.32. The minimum atomic E-state index is -0.0914. The maximum atomic E-state index is 12.4. The van der Waals surface area contributed by atoms with Gasteiger partial charge < -0.3 is 14.5 Å². The lowest BCUT2D eigenvalue weighted by atomic mass is 9.97. The molecule has 0 amide bonds. The number of methoxy groups -OCH3 is 2. The van der Waals surface area contributed by atoms with Crippen molar-refractivity contribution in [3.63, 3.8) is 0 Å². The summed E-state index contributed by atoms with van der Waals surface area (Å²) in [6.45, 7) is 3.74. The van der Waals surface area contributed by atoms with Crippen molar-refractivity contribution in [1.82, 2.24) is 14.9 Å². The maximum Gasteiger partial charge on any atom is 0.258 e. The molecule has 6 nitrogen and oxygen atoms in total. The lowest BCUT2D eigenvalue weighted by molar-refractivity contribution is 0.184. The highest BCUT2D eigenvalue weighted by Gasteiger charge is 2.25. The van der Waals surface area contributed by atoms with E-state index >= 15 is 0 Å². The predicted molar refractivity (Wildman–Crippen MR) is 104 cm³/mol. The van der Waals surface area contributed by atoms with Gasteiger partial charge in [-0.1, -0.05) is 12.1 Å². The number of aromatic amines is 1. The van der Waals surface area contributed by atoms with E-state index in [0.717, 1.165) is 36.5 Å². The number of hydrogen-bond donors (Lipinski definition) is 1. The number of para-hydroxylation sites is 1. The molecule has 4 rings (SSSR count). The van der Waals surface area contributed by atoms with Crippen LogP contribution in [0.25, 0.3) is 10.9 Å². The SMILES string of the molecule is COc1cc2c(cc1OC)CN([C@H](C)c1nc3ccccc3c(=O)[nH]1)CC2. The van der Waals surface area contributed by atoms with Crippen LogP contribution in [0.5, 0.6) is 11.5 Å². The van der Waals surface area contributed by atoms with Gasteiger partial charge in [-0.2, -0.15) is 0 Å². The van der Waals surface area contributed by atoms with Crippen LogP contribution in [0, 0.1) is 0 Å². The van der Waals surface area contributed by atoms with Crippen LogP contribution in [-0.2, 0) is 13.0 Å². The Morgan fingerprint density at radius 1 is 1.11 bits per heavy atom. The number of aromatic nitrogens is 2. The summed E-state index contributed by atoms with van der Waals surface area (Å²) in [5.74, 6) is 2.20. The molecule has 0 fully saturated rings. The minimum Gasteiger partial charge on any atom is -0.493 e. The van der Waals surface area contributed by atoms with Crippen LogP contribution >= 0.6 is 0 Å². The molecule has 1 aliphatic heterocycles. The summed E-state index contributed by atoms with van der Waals surface area (Å²) in [7, 11) is 3.31. The number of H-pyrrole nitrogens is 1. The Morgan fingerprint density at radius 2 is 1.81 bits per heavy atom. The molecule has 2 aromatic carbocycles. The van der Waals surface area contributed by atoms with E-state index in [4.69, 9.17) is 9.47 Å². The molecule has 0 saturated heterocycles. The Hall–Kier alpha value is -2.86. The van der Waals surface area contributed by atoms with Crippen LogP contribution in [0.3, 0.4) is 0 Å². The van der Waals surface area contributed by atoms with Crippen LogP contribution < -0.4 is 15.0 Å². The largest absolute Gasteiger partial charge is 0.493 e. The van der Waals surface area contributed by atoms with Gasteiger partial charge >= 0.3 is 0 Å². The fourth-order valence-electron chi connectivity index (χ4n) is 3.71. The van der Waals surface area contributed by atoms with E-state index in [0.29, 0.717) is 11.2 Å². The molecule has 0 aliphatic carbocycles. The van der Waals surface area contributed by atoms with Crippen molar-refractivity contribution < 1.29 is 9.47 Å². The number of nitrogens with zero attached hydrogens (tertiary/aromatic N) is 2. The summed E-state index contributed by atoms with van der Waals surface area (Å²) in [5.41, 5.74) is 3.13. The van der Waals surface area contributed by atoms with Gasteiger partial charge in [-0.25, -0.2) is 4.98 Å². The summed E-state index contributed by atoms with van der Waals surface area (Å²) in [6.07, 6.45) is 0.915. The van der Waals surface area contributed by atoms with Crippen LogP contribution in [0.2, 0.25) is 0 Å². The molecule has 3 aromatic rings. The van der Waals surface area contributed by atoms with Crippen molar-refractivity contribution in [2.24, 2.45) is 0 Å². The molecule has 0 unspecified atom stereocenters. The summed E-state index contributed by atoms with van der Waals surface area (Å²) < 4.78 is 10.9. The quantitative estimate of drug-likeness (QED) is 0.770. The zero-order valence-corrected chi connectivity index (χ0v) is 15.8. The average molecular weight is 365 g/mol. The van der Waals surface area contributed by atoms with E-state index in [-0.39, 0.29) is 11.6 Å². The van der Waals surface area contributed by atoms with Gasteiger partial charge in [-0.05, 0) is 48.7 Å². The Morgan fingerprint density at radius 3 is 2.56 bits per heavy atom. The molecule has 140 valence electrons. The first-order valence-corrected chi connectivity index (χ1v) is 9.07. The van der Waals surface area contributed by atoms with Crippen LogP contribution in [0.1, 0.15) is 29.9 Å². The lowest BCUT2D eigenvalue weighted by Gasteiger charge is -2.33. The molecule has 1 aromatic heterocycles. The van der Waals surface area contributed by atoms with E-state index in [2.05, 4.69) is 27.9 Å². The molecule has 2 heterocycles. The molecule has 1 atom stereocenters. The Kier molecular flexibility index (Phi) is 4.58. The van der Waals surface area contributed by atoms with Crippen molar-refractivity contribution in [3.8, 4) is 11.5 Å². The highest BCUT2D eigenvalue weighted by atomic mass is 16.5. The van der Waals surface area contributed by atoms with E-state index in [1.807, 2.05) is 24.3 Å². The van der Waals surface area contributed by atoms with Crippen LogP contribution in [0.15, 0.2) is 41.2 Å². The Balaban J connectivity index is 1.65. The van der Waals surface area contributed by atoms with Crippen molar-refractivity contribution in [3.05, 3.63) is 63.7 Å². The van der Waals surface area contributed by atoms with Gasteiger partial charge in [-0.3, -0.25) is 9.69 Å². The zero-order valence-electron chi connectivity index (χ0n) is 15.8. The monoisotopic (exact) mass is 365 g/mol. The predicted octanol–water partition coefficient (Wildman–Crippen LogP) is 3.06. The van der Waals surface area contributed by atoms with Gasteiger partial charge in [0.15, 0.2) is 11.5 Å². The van der Waals surface area contributed by atoms with Crippen molar-refractivity contribution in [2.75, 3.05) is 20.8 Å². The van der Waals surface area contributed by atoms with Crippen LogP contribution in [-0.4, -0.2) is 35.6 Å². The fourth-order valence-corrected chi connectivity index (χ4v) is 3.71. The Bertz CT molecular complexity index is 1040. The first-order valence-electron chi connectivity index (χ1n) is 9.07. The molecule has 1 N–H and O–H groups in total. The molecule has 0 bridgehead atoms. The van der Waals surface area contributed by atoms with E-state index in [1.54, 1.807) is 20.3 Å². The number of benzene rings is 2. The lowest BCUT2D eigenvalue weighted by Crippen LogP contribution is -2.34. The van der Waals surface area contributed by atoms with Gasteiger partial charge in [0, 0.05) is 13.1 Å². The molecule has 0 saturated carbocycles. The van der Waals surface area contributed by atoms with Crippen molar-refractivity contribution >= 4 is 10.9 Å². The molecular formula is C21H23N3O3. The van der Waals surface area contributed by atoms with Gasteiger partial charge in [0.05, 0.1) is 31.2 Å². The molecule has 0 radical (unpaired) electrons. The number of rotatable bonds is 4. The first kappa shape index (κ1) is 17.5. The van der Waals surface area contributed by atoms with Gasteiger partial charge in [0.1, 0.15) is 5.82 Å². The summed E-state index contributed by atoms with van der Waals surface area (Å²) in [6, 6.07) is 11.5. The average Bonchev–Trinajstić information content (AvgIpc) is 2.71. The summed E-state index contributed by atoms with van der Waals surface area (Å²) >= 11 is 0. The fraction of sp³-hybridized carbons (Fsp3) is 0.333. The van der Waals surface area contributed by atoms with E-state index in [9.17, 15) is 4.79 Å². The second-order valence-electron chi connectivity index (χ2n) is 6.84. The third-order valence-electron chi connectivity index (χ3n) is 5.32. The first-order chi connectivity index (χ1) is 13.1. The number of ether oxygens (including phenoxy) is 2. The summed E-state index contributed by atoms with van der Waals surface area (Å²) in [5, 5.41) is 0.620. The van der Waals surface area contributed by atoms with Crippen molar-refractivity contribution in [2.45, 2.75) is 25.9 Å². The van der Waals surface area contributed by atoms with Crippen molar-refractivity contribution in [1.29, 1.82) is 0 Å². The molecule has 1 aliphatic rings. The minimum absolute atomic E-state index is 0.00329. The molecular weight excluding hydrogens is 342 g/mol. The topological polar surface area (TPSA) is 67.5 Å². The Labute approximate surface area is 157 Å². The molecule has 27 heavy (non-hydrogen) atoms. The second kappa shape index (κ2) is 7.04. The maximum absolute atomic E-state index is 12.4. The highest BCUT2D eigenvalue weighted by Crippen LogP contribution is 2.35. The van der Waals surface area contributed by atoms with Gasteiger partial charge in [0.25, 0.3) is 5.56 Å². The van der Waals surface area contributed by atoms with Crippen LogP contribution in [0.4, 0.5) is 0 Å². The van der Waals surface area contributed by atoms with E-state index in [1.165, 1.54) is 11.1 Å². The number of hydrogen-bond acceptors (Lipinski definition) is 5. The smallest absolute Gasteiger partial charge is 0.258 e. The summed E-state index contributed by atoms with van der Waals surface area (Å²) in [4.78, 5) is 22.4. The van der Waals surface area contributed by atoms with E-state index < -0.39 is 0 Å². The number of nitrogens with one attached hydrogen (secondary N) is 1. The normalized spacial score (nSPS) is 15.4. The molecule has 6 heteroatoms. The number of fused-ring (bicyclic) bond motifs is 2. The van der Waals surface area contributed by atoms with Gasteiger partial charge in [-0.15, -0.1) is 0 Å².